The minimum Gasteiger partial charge on any atom is -0.481 e. The van der Waals surface area contributed by atoms with Gasteiger partial charge in [-0.15, -0.1) is 0 Å². The highest BCUT2D eigenvalue weighted by Gasteiger charge is 2.38. The van der Waals surface area contributed by atoms with Crippen molar-refractivity contribution in [3.63, 3.8) is 0 Å². The molecule has 1 fully saturated rings. The van der Waals surface area contributed by atoms with Crippen molar-refractivity contribution in [1.82, 2.24) is 26.2 Å². The maximum absolute atomic E-state index is 13.6. The van der Waals surface area contributed by atoms with Crippen LogP contribution in [-0.2, 0) is 47.9 Å². The molecular formula is C31H51N9O13. The van der Waals surface area contributed by atoms with Crippen molar-refractivity contribution in [2.45, 2.75) is 120 Å². The van der Waals surface area contributed by atoms with Crippen molar-refractivity contribution in [3.8, 4) is 0 Å². The summed E-state index contributed by atoms with van der Waals surface area (Å²) in [6.07, 6.45) is -1.94. The highest BCUT2D eigenvalue weighted by molar-refractivity contribution is 5.97. The third-order valence-corrected chi connectivity index (χ3v) is 8.29. The van der Waals surface area contributed by atoms with Gasteiger partial charge in [0.1, 0.15) is 30.2 Å². The fraction of sp³-hybridized carbons (Fsp3) is 0.677. The molecule has 0 saturated carbocycles. The zero-order valence-electron chi connectivity index (χ0n) is 29.3. The Balaban J connectivity index is 3.25. The molecule has 0 unspecified atom stereocenters. The largest absolute Gasteiger partial charge is 0.481 e. The summed E-state index contributed by atoms with van der Waals surface area (Å²) < 4.78 is 0. The molecule has 15 N–H and O–H groups in total. The molecule has 1 aliphatic heterocycles. The minimum atomic E-state index is -1.71. The van der Waals surface area contributed by atoms with Crippen molar-refractivity contribution in [1.29, 1.82) is 0 Å². The van der Waals surface area contributed by atoms with E-state index in [1.165, 1.54) is 4.90 Å². The monoisotopic (exact) mass is 757 g/mol. The molecule has 6 atom stereocenters. The summed E-state index contributed by atoms with van der Waals surface area (Å²) in [6.45, 7) is 0.433. The topological polar surface area (TPSA) is 387 Å². The van der Waals surface area contributed by atoms with Crippen molar-refractivity contribution in [2.75, 3.05) is 13.1 Å². The fourth-order valence-electron chi connectivity index (χ4n) is 5.40. The number of amides is 7. The van der Waals surface area contributed by atoms with Crippen LogP contribution in [0.4, 0.5) is 0 Å². The van der Waals surface area contributed by atoms with Gasteiger partial charge in [-0.05, 0) is 64.3 Å². The van der Waals surface area contributed by atoms with Crippen LogP contribution in [0.1, 0.15) is 83.5 Å². The van der Waals surface area contributed by atoms with E-state index in [1.54, 1.807) is 0 Å². The number of carbonyl (C=O) groups excluding carboxylic acids is 7. The normalized spacial score (nSPS) is 16.6. The van der Waals surface area contributed by atoms with E-state index in [9.17, 15) is 58.2 Å². The van der Waals surface area contributed by atoms with Gasteiger partial charge in [-0.2, -0.15) is 0 Å². The molecule has 22 heteroatoms. The van der Waals surface area contributed by atoms with Gasteiger partial charge < -0.3 is 64.4 Å². The number of carbonyl (C=O) groups is 10. The number of nitrogens with zero attached hydrogens (tertiary/aromatic N) is 1. The van der Waals surface area contributed by atoms with Gasteiger partial charge in [-0.25, -0.2) is 4.79 Å². The lowest BCUT2D eigenvalue weighted by Crippen LogP contribution is -2.59. The first-order chi connectivity index (χ1) is 24.9. The van der Waals surface area contributed by atoms with Crippen LogP contribution in [0.15, 0.2) is 0 Å². The van der Waals surface area contributed by atoms with E-state index in [1.807, 2.05) is 0 Å². The highest BCUT2D eigenvalue weighted by atomic mass is 16.4. The number of hydrogen-bond acceptors (Lipinski definition) is 12. The van der Waals surface area contributed by atoms with Crippen LogP contribution in [0.3, 0.4) is 0 Å². The molecule has 1 heterocycles. The lowest BCUT2D eigenvalue weighted by atomic mass is 10.0. The smallest absolute Gasteiger partial charge is 0.326 e. The minimum absolute atomic E-state index is 0.0221. The molecular weight excluding hydrogens is 706 g/mol. The predicted molar refractivity (Wildman–Crippen MR) is 182 cm³/mol. The van der Waals surface area contributed by atoms with Crippen LogP contribution in [0.5, 0.6) is 0 Å². The molecule has 0 spiro atoms. The molecule has 1 aliphatic rings. The second kappa shape index (κ2) is 23.2. The van der Waals surface area contributed by atoms with Crippen molar-refractivity contribution < 1.29 is 63.3 Å². The number of likely N-dealkylation sites (tertiary alicyclic amines) is 1. The lowest BCUT2D eigenvalue weighted by Gasteiger charge is -2.29. The van der Waals surface area contributed by atoms with Crippen LogP contribution >= 0.6 is 0 Å². The summed E-state index contributed by atoms with van der Waals surface area (Å²) in [4.78, 5) is 125. The number of primary amides is 2. The predicted octanol–water partition coefficient (Wildman–Crippen LogP) is -4.28. The average molecular weight is 758 g/mol. The van der Waals surface area contributed by atoms with Crippen molar-refractivity contribution in [3.05, 3.63) is 0 Å². The van der Waals surface area contributed by atoms with Gasteiger partial charge in [0.15, 0.2) is 0 Å². The van der Waals surface area contributed by atoms with Gasteiger partial charge in [0.05, 0.1) is 6.04 Å². The number of aliphatic carboxylic acids is 3. The molecule has 0 radical (unpaired) electrons. The number of nitrogens with one attached hydrogen (secondary N) is 4. The van der Waals surface area contributed by atoms with E-state index in [0.717, 1.165) is 0 Å². The van der Waals surface area contributed by atoms with E-state index in [0.29, 0.717) is 19.3 Å². The Kier molecular flexibility index (Phi) is 20.0. The Morgan fingerprint density at radius 2 is 1.08 bits per heavy atom. The highest BCUT2D eigenvalue weighted by Crippen LogP contribution is 2.20. The summed E-state index contributed by atoms with van der Waals surface area (Å²) in [5.41, 5.74) is 21.9. The Morgan fingerprint density at radius 1 is 0.623 bits per heavy atom. The summed E-state index contributed by atoms with van der Waals surface area (Å²) in [5.74, 6) is -10.3. The van der Waals surface area contributed by atoms with Crippen molar-refractivity contribution in [2.24, 2.45) is 22.9 Å². The molecule has 22 nitrogen and oxygen atoms in total. The molecule has 0 aromatic rings. The average Bonchev–Trinajstić information content (AvgIpc) is 3.58. The maximum Gasteiger partial charge on any atom is 0.326 e. The van der Waals surface area contributed by atoms with E-state index in [4.69, 9.17) is 28.0 Å². The first-order valence-electron chi connectivity index (χ1n) is 17.1. The first kappa shape index (κ1) is 45.6. The number of rotatable bonds is 26. The second-order valence-corrected chi connectivity index (χ2v) is 12.5. The fourth-order valence-corrected chi connectivity index (χ4v) is 5.40. The van der Waals surface area contributed by atoms with Gasteiger partial charge in [0.25, 0.3) is 0 Å². The summed E-state index contributed by atoms with van der Waals surface area (Å²) in [7, 11) is 0. The van der Waals surface area contributed by atoms with Gasteiger partial charge in [-0.3, -0.25) is 43.2 Å². The van der Waals surface area contributed by atoms with Gasteiger partial charge in [0.2, 0.25) is 41.4 Å². The van der Waals surface area contributed by atoms with Gasteiger partial charge in [0, 0.05) is 32.2 Å². The third-order valence-electron chi connectivity index (χ3n) is 8.29. The molecule has 0 aromatic heterocycles. The van der Waals surface area contributed by atoms with Crippen LogP contribution in [0.2, 0.25) is 0 Å². The second-order valence-electron chi connectivity index (χ2n) is 12.5. The lowest BCUT2D eigenvalue weighted by molar-refractivity contribution is -0.144. The number of nitrogens with two attached hydrogens (primary N) is 4. The zero-order chi connectivity index (χ0) is 40.2. The molecule has 0 aliphatic carbocycles. The Labute approximate surface area is 304 Å². The summed E-state index contributed by atoms with van der Waals surface area (Å²) >= 11 is 0. The molecule has 0 bridgehead atoms. The Hall–Kier alpha value is -5.38. The number of hydrogen-bond donors (Lipinski definition) is 11. The van der Waals surface area contributed by atoms with Crippen molar-refractivity contribution >= 4 is 59.3 Å². The standard InChI is InChI=1S/C31H51N9O13/c32-14-2-1-4-17(38-29(50)21-5-3-15-40(21)30(51)16(33)6-10-22(34)41)26(47)36-18(7-11-23(35)42)27(48)37-19(8-12-24(43)44)28(49)39-20(31(52)53)9-13-25(45)46/h16-21H,1-15,32-33H2,(H2,34,41)(H2,35,42)(H,36,47)(H,37,48)(H,38,50)(H,39,49)(H,43,44)(H,45,46)(H,52,53)/t16-,17-,18-,19-,20-,21-/m0/s1. The van der Waals surface area contributed by atoms with Crippen LogP contribution in [0, 0.1) is 0 Å². The third kappa shape index (κ3) is 17.1. The summed E-state index contributed by atoms with van der Waals surface area (Å²) in [6, 6.07) is -8.39. The number of carboxylic acids is 3. The maximum atomic E-state index is 13.6. The van der Waals surface area contributed by atoms with Crippen LogP contribution in [-0.4, -0.2) is 129 Å². The molecule has 0 aromatic carbocycles. The molecule has 53 heavy (non-hydrogen) atoms. The van der Waals surface area contributed by atoms with Crippen LogP contribution < -0.4 is 44.2 Å². The SMILES string of the molecule is NCCCC[C@H](NC(=O)[C@@H]1CCCN1C(=O)[C@@H](N)CCC(N)=O)C(=O)N[C@@H](CCC(N)=O)C(=O)N[C@@H](CCC(=O)O)C(=O)N[C@@H](CCC(=O)O)C(=O)O. The Morgan fingerprint density at radius 3 is 1.55 bits per heavy atom. The van der Waals surface area contributed by atoms with Gasteiger partial charge >= 0.3 is 17.9 Å². The first-order valence-corrected chi connectivity index (χ1v) is 17.1. The molecule has 7 amide bonds. The Bertz CT molecular complexity index is 1360. The van der Waals surface area contributed by atoms with E-state index in [-0.39, 0.29) is 38.8 Å². The number of carboxylic acid groups (broad SMARTS) is 3. The number of unbranched alkanes of at least 4 members (excludes halogenated alkanes) is 1. The molecule has 1 rings (SSSR count). The summed E-state index contributed by atoms with van der Waals surface area (Å²) in [5, 5.41) is 36.9. The molecule has 298 valence electrons. The quantitative estimate of drug-likeness (QED) is 0.0372. The van der Waals surface area contributed by atoms with Gasteiger partial charge in [-0.1, -0.05) is 0 Å². The van der Waals surface area contributed by atoms with Crippen LogP contribution in [0.25, 0.3) is 0 Å². The van der Waals surface area contributed by atoms with E-state index < -0.39 is 134 Å². The van der Waals surface area contributed by atoms with E-state index >= 15 is 0 Å². The zero-order valence-corrected chi connectivity index (χ0v) is 29.3. The van der Waals surface area contributed by atoms with E-state index in [2.05, 4.69) is 21.3 Å². The molecule has 1 saturated heterocycles.